The van der Waals surface area contributed by atoms with Crippen LogP contribution in [0.4, 0.5) is 5.69 Å². The van der Waals surface area contributed by atoms with Crippen LogP contribution in [0.2, 0.25) is 10.0 Å². The molecule has 8 nitrogen and oxygen atoms in total. The lowest BCUT2D eigenvalue weighted by Crippen LogP contribution is -2.13. The number of carbonyl (C=O) groups excluding carboxylic acids is 1. The van der Waals surface area contributed by atoms with Gasteiger partial charge in [-0.2, -0.15) is 10.2 Å². The van der Waals surface area contributed by atoms with Crippen LogP contribution in [-0.2, 0) is 17.9 Å². The molecule has 2 heterocycles. The number of anilines is 1. The number of carboxylic acids is 1. The van der Waals surface area contributed by atoms with Gasteiger partial charge in [0.2, 0.25) is 0 Å². The van der Waals surface area contributed by atoms with Gasteiger partial charge in [0.1, 0.15) is 0 Å². The third-order valence-corrected chi connectivity index (χ3v) is 4.39. The quantitative estimate of drug-likeness (QED) is 0.625. The third-order valence-electron chi connectivity index (χ3n) is 3.65. The van der Waals surface area contributed by atoms with Crippen molar-refractivity contribution in [3.05, 3.63) is 64.2 Å². The summed E-state index contributed by atoms with van der Waals surface area (Å²) in [5, 5.41) is 20.6. The fraction of sp³-hybridized carbons (Fsp3) is 0.176. The van der Waals surface area contributed by atoms with Gasteiger partial charge < -0.3 is 10.4 Å². The Morgan fingerprint density at radius 3 is 2.70 bits per heavy atom. The maximum Gasteiger partial charge on any atom is 0.305 e. The summed E-state index contributed by atoms with van der Waals surface area (Å²) in [4.78, 5) is 22.8. The number of rotatable bonds is 7. The second-order valence-electron chi connectivity index (χ2n) is 5.74. The van der Waals surface area contributed by atoms with Gasteiger partial charge in [-0.05, 0) is 23.8 Å². The number of nitrogens with zero attached hydrogens (tertiary/aromatic N) is 4. The molecule has 3 rings (SSSR count). The molecule has 0 saturated heterocycles. The number of carboxylic acid groups (broad SMARTS) is 1. The summed E-state index contributed by atoms with van der Waals surface area (Å²) in [7, 11) is 0. The van der Waals surface area contributed by atoms with Crippen LogP contribution in [-0.4, -0.2) is 36.5 Å². The minimum Gasteiger partial charge on any atom is -0.481 e. The second-order valence-corrected chi connectivity index (χ2v) is 6.55. The Kier molecular flexibility index (Phi) is 5.78. The van der Waals surface area contributed by atoms with E-state index in [0.717, 1.165) is 5.56 Å². The van der Waals surface area contributed by atoms with Gasteiger partial charge in [0.15, 0.2) is 5.69 Å². The maximum atomic E-state index is 12.2. The average molecular weight is 408 g/mol. The van der Waals surface area contributed by atoms with Crippen LogP contribution in [0.1, 0.15) is 22.5 Å². The molecule has 0 spiro atoms. The first kappa shape index (κ1) is 18.9. The normalized spacial score (nSPS) is 10.7. The number of nitrogens with one attached hydrogen (secondary N) is 1. The Balaban J connectivity index is 1.60. The number of aromatic nitrogens is 4. The zero-order valence-electron chi connectivity index (χ0n) is 14.0. The monoisotopic (exact) mass is 407 g/mol. The van der Waals surface area contributed by atoms with Crippen molar-refractivity contribution in [2.24, 2.45) is 0 Å². The minimum atomic E-state index is -0.925. The first-order valence-corrected chi connectivity index (χ1v) is 8.69. The lowest BCUT2D eigenvalue weighted by atomic mass is 10.2. The maximum absolute atomic E-state index is 12.2. The molecule has 0 aliphatic carbocycles. The first-order valence-electron chi connectivity index (χ1n) is 7.93. The molecular formula is C17H15Cl2N5O3. The number of hydrogen-bond acceptors (Lipinski definition) is 4. The van der Waals surface area contributed by atoms with Crippen molar-refractivity contribution in [3.63, 3.8) is 0 Å². The molecule has 0 bridgehead atoms. The summed E-state index contributed by atoms with van der Waals surface area (Å²) in [6.45, 7) is 0.667. The van der Waals surface area contributed by atoms with E-state index in [1.165, 1.54) is 16.9 Å². The van der Waals surface area contributed by atoms with E-state index in [0.29, 0.717) is 22.3 Å². The first-order chi connectivity index (χ1) is 12.9. The van der Waals surface area contributed by atoms with E-state index in [2.05, 4.69) is 15.5 Å². The Bertz CT molecular complexity index is 983. The predicted molar refractivity (Wildman–Crippen MR) is 100 cm³/mol. The molecule has 1 amide bonds. The Labute approximate surface area is 164 Å². The van der Waals surface area contributed by atoms with E-state index in [-0.39, 0.29) is 18.7 Å². The van der Waals surface area contributed by atoms with E-state index >= 15 is 0 Å². The molecular weight excluding hydrogens is 393 g/mol. The summed E-state index contributed by atoms with van der Waals surface area (Å²) in [5.41, 5.74) is 1.63. The van der Waals surface area contributed by atoms with Gasteiger partial charge in [-0.1, -0.05) is 29.3 Å². The van der Waals surface area contributed by atoms with E-state index < -0.39 is 11.9 Å². The number of benzene rings is 1. The van der Waals surface area contributed by atoms with Crippen molar-refractivity contribution in [1.82, 2.24) is 19.6 Å². The standard InChI is InChI=1S/C17H15Cl2N5O3/c18-13-2-1-11(7-14(13)19)9-24-10-12(8-20-24)21-17(27)15-3-5-23(22-15)6-4-16(25)26/h1-3,5,7-8,10H,4,6,9H2,(H,21,27)(H,25,26). The highest BCUT2D eigenvalue weighted by Crippen LogP contribution is 2.23. The molecule has 0 atom stereocenters. The van der Waals surface area contributed by atoms with Crippen LogP contribution < -0.4 is 5.32 Å². The molecule has 2 aromatic heterocycles. The highest BCUT2D eigenvalue weighted by atomic mass is 35.5. The number of hydrogen-bond donors (Lipinski definition) is 2. The van der Waals surface area contributed by atoms with Gasteiger partial charge in [0, 0.05) is 12.4 Å². The third kappa shape index (κ3) is 5.08. The Hall–Kier alpha value is -2.84. The molecule has 140 valence electrons. The molecule has 0 radical (unpaired) electrons. The topological polar surface area (TPSA) is 102 Å². The summed E-state index contributed by atoms with van der Waals surface area (Å²) >= 11 is 11.9. The van der Waals surface area contributed by atoms with Crippen LogP contribution in [0, 0.1) is 0 Å². The fourth-order valence-corrected chi connectivity index (χ4v) is 2.67. The van der Waals surface area contributed by atoms with Gasteiger partial charge in [-0.3, -0.25) is 19.0 Å². The highest BCUT2D eigenvalue weighted by Gasteiger charge is 2.12. The molecule has 2 N–H and O–H groups in total. The number of aryl methyl sites for hydroxylation is 1. The van der Waals surface area contributed by atoms with Crippen molar-refractivity contribution >= 4 is 40.8 Å². The lowest BCUT2D eigenvalue weighted by Gasteiger charge is -2.03. The number of halogens is 2. The summed E-state index contributed by atoms with van der Waals surface area (Å²) in [5.74, 6) is -1.33. The lowest BCUT2D eigenvalue weighted by molar-refractivity contribution is -0.137. The SMILES string of the molecule is O=C(O)CCn1ccc(C(=O)Nc2cnn(Cc3ccc(Cl)c(Cl)c3)c2)n1. The van der Waals surface area contributed by atoms with E-state index in [1.807, 2.05) is 6.07 Å². The van der Waals surface area contributed by atoms with Crippen molar-refractivity contribution in [3.8, 4) is 0 Å². The van der Waals surface area contributed by atoms with Crippen molar-refractivity contribution in [2.75, 3.05) is 5.32 Å². The molecule has 0 aliphatic heterocycles. The van der Waals surface area contributed by atoms with Crippen molar-refractivity contribution in [2.45, 2.75) is 19.5 Å². The van der Waals surface area contributed by atoms with Crippen LogP contribution >= 0.6 is 23.2 Å². The van der Waals surface area contributed by atoms with Gasteiger partial charge in [-0.25, -0.2) is 0 Å². The van der Waals surface area contributed by atoms with E-state index in [1.54, 1.807) is 29.2 Å². The summed E-state index contributed by atoms with van der Waals surface area (Å²) in [6, 6.07) is 6.84. The highest BCUT2D eigenvalue weighted by molar-refractivity contribution is 6.42. The van der Waals surface area contributed by atoms with Gasteiger partial charge in [0.05, 0.1) is 41.4 Å². The predicted octanol–water partition coefficient (Wildman–Crippen LogP) is 3.16. The molecule has 3 aromatic rings. The fourth-order valence-electron chi connectivity index (χ4n) is 2.35. The van der Waals surface area contributed by atoms with Crippen LogP contribution in [0.15, 0.2) is 42.9 Å². The summed E-state index contributed by atoms with van der Waals surface area (Å²) in [6.07, 6.45) is 4.70. The molecule has 0 aliphatic rings. The Morgan fingerprint density at radius 1 is 1.15 bits per heavy atom. The van der Waals surface area contributed by atoms with Crippen LogP contribution in [0.25, 0.3) is 0 Å². The van der Waals surface area contributed by atoms with E-state index in [4.69, 9.17) is 28.3 Å². The van der Waals surface area contributed by atoms with Crippen molar-refractivity contribution < 1.29 is 14.7 Å². The molecule has 1 aromatic carbocycles. The Morgan fingerprint density at radius 2 is 1.96 bits per heavy atom. The summed E-state index contributed by atoms with van der Waals surface area (Å²) < 4.78 is 3.07. The molecule has 0 unspecified atom stereocenters. The molecule has 0 fully saturated rings. The number of carbonyl (C=O) groups is 2. The molecule has 27 heavy (non-hydrogen) atoms. The smallest absolute Gasteiger partial charge is 0.305 e. The van der Waals surface area contributed by atoms with Gasteiger partial charge in [-0.15, -0.1) is 0 Å². The number of aliphatic carboxylic acids is 1. The average Bonchev–Trinajstić information content (AvgIpc) is 3.26. The largest absolute Gasteiger partial charge is 0.481 e. The second kappa shape index (κ2) is 8.24. The molecule has 0 saturated carbocycles. The zero-order chi connectivity index (χ0) is 19.4. The zero-order valence-corrected chi connectivity index (χ0v) is 15.5. The van der Waals surface area contributed by atoms with Gasteiger partial charge >= 0.3 is 5.97 Å². The van der Waals surface area contributed by atoms with Crippen LogP contribution in [0.3, 0.4) is 0 Å². The van der Waals surface area contributed by atoms with Crippen LogP contribution in [0.5, 0.6) is 0 Å². The number of amides is 1. The minimum absolute atomic E-state index is 0.0653. The van der Waals surface area contributed by atoms with Crippen molar-refractivity contribution in [1.29, 1.82) is 0 Å². The van der Waals surface area contributed by atoms with E-state index in [9.17, 15) is 9.59 Å². The van der Waals surface area contributed by atoms with Gasteiger partial charge in [0.25, 0.3) is 5.91 Å². The molecule has 10 heteroatoms.